The van der Waals surface area contributed by atoms with Crippen LogP contribution in [0.2, 0.25) is 0 Å². The summed E-state index contributed by atoms with van der Waals surface area (Å²) in [5, 5.41) is 0. The Balaban J connectivity index is 0.987. The molecule has 0 radical (unpaired) electrons. The van der Waals surface area contributed by atoms with Crippen LogP contribution < -0.4 is 9.80 Å². The number of aromatic nitrogens is 2. The molecule has 0 N–H and O–H groups in total. The summed E-state index contributed by atoms with van der Waals surface area (Å²) >= 11 is 1.52. The Morgan fingerprint density at radius 3 is 1.38 bits per heavy atom. The lowest BCUT2D eigenvalue weighted by Gasteiger charge is -2.38. The number of fused-ring (bicyclic) bond motifs is 6. The number of rotatable bonds is 15. The van der Waals surface area contributed by atoms with Crippen molar-refractivity contribution in [2.45, 2.75) is 89.5 Å². The number of para-hydroxylation sites is 4. The minimum absolute atomic E-state index is 0.0834. The minimum atomic E-state index is -0.0871. The summed E-state index contributed by atoms with van der Waals surface area (Å²) in [6.07, 6.45) is 19.9. The van der Waals surface area contributed by atoms with Gasteiger partial charge in [-0.25, -0.2) is 4.98 Å². The first-order chi connectivity index (χ1) is 36.4. The monoisotopic (exact) mass is 984 g/mol. The Labute approximate surface area is 441 Å². The van der Waals surface area contributed by atoms with Crippen LogP contribution in [0, 0.1) is 11.8 Å². The smallest absolute Gasteiger partial charge is 0.160 e. The van der Waals surface area contributed by atoms with E-state index in [0.717, 1.165) is 88.9 Å². The number of aldehydes is 1. The zero-order valence-corrected chi connectivity index (χ0v) is 44.0. The number of hydrogen-bond donors (Lipinski definition) is 0. The molecular formula is C68H64N4OS. The molecule has 2 heterocycles. The number of carbonyl (C=O) groups excluding carboxylic acids is 1. The van der Waals surface area contributed by atoms with Gasteiger partial charge >= 0.3 is 0 Å². The van der Waals surface area contributed by atoms with Gasteiger partial charge in [-0.1, -0.05) is 149 Å². The molecule has 8 aromatic rings. The highest BCUT2D eigenvalue weighted by molar-refractivity contribution is 7.17. The third kappa shape index (κ3) is 7.55. The molecule has 0 fully saturated rings. The second kappa shape index (κ2) is 19.4. The van der Waals surface area contributed by atoms with E-state index in [-0.39, 0.29) is 34.5 Å². The van der Waals surface area contributed by atoms with E-state index in [4.69, 9.17) is 4.98 Å². The van der Waals surface area contributed by atoms with Crippen molar-refractivity contribution in [3.8, 4) is 33.2 Å². The van der Waals surface area contributed by atoms with Crippen molar-refractivity contribution >= 4 is 40.4 Å². The van der Waals surface area contributed by atoms with E-state index in [2.05, 4.69) is 249 Å². The Bertz CT molecular complexity index is 3400. The molecule has 0 spiro atoms. The van der Waals surface area contributed by atoms with E-state index < -0.39 is 0 Å². The van der Waals surface area contributed by atoms with E-state index in [9.17, 15) is 4.79 Å². The van der Waals surface area contributed by atoms with Crippen LogP contribution in [0.5, 0.6) is 0 Å². The zero-order valence-electron chi connectivity index (χ0n) is 43.2. The Morgan fingerprint density at radius 2 is 0.973 bits per heavy atom. The standard InChI is InChI=1S/C68H64N4OS/c1-6-67(7-2)59-41-46(31-36-55(59)57-38-33-52(43-61(57)67)71(48-23-15-11-16-24-48)49-25-17-12-18-26-49)64-65(70(10-5)66(69-64)63-40-35-54(45-73)74-63)47-32-37-56-58-39-34-53(44-62(58)68(8-3,9-4)60(56)42-47)72(50-27-19-13-20-28-50)51-29-21-14-22-30-51/h11-45,57-58,61-62H,6-10H2,1-5H3. The zero-order chi connectivity index (χ0) is 50.6. The molecule has 0 saturated carbocycles. The Morgan fingerprint density at radius 1 is 0.541 bits per heavy atom. The summed E-state index contributed by atoms with van der Waals surface area (Å²) < 4.78 is 2.41. The van der Waals surface area contributed by atoms with Gasteiger partial charge in [0, 0.05) is 74.5 Å². The first-order valence-corrected chi connectivity index (χ1v) is 27.8. The molecule has 0 saturated heterocycles. The lowest BCUT2D eigenvalue weighted by molar-refractivity contribution is 0.112. The molecule has 5 nitrogen and oxygen atoms in total. The highest BCUT2D eigenvalue weighted by Crippen LogP contribution is 2.60. The van der Waals surface area contributed by atoms with Gasteiger partial charge in [-0.3, -0.25) is 4.79 Å². The molecule has 6 heteroatoms. The number of hydrogen-bond acceptors (Lipinski definition) is 5. The van der Waals surface area contributed by atoms with Gasteiger partial charge in [0.1, 0.15) is 0 Å². The van der Waals surface area contributed by atoms with Crippen LogP contribution in [-0.2, 0) is 17.4 Å². The number of nitrogens with zero attached hydrogens (tertiary/aromatic N) is 4. The van der Waals surface area contributed by atoms with Gasteiger partial charge in [0.05, 0.1) is 21.1 Å². The molecule has 12 rings (SSSR count). The van der Waals surface area contributed by atoms with Crippen LogP contribution in [-0.4, -0.2) is 15.8 Å². The van der Waals surface area contributed by atoms with E-state index in [0.29, 0.717) is 4.88 Å². The molecule has 0 aliphatic heterocycles. The van der Waals surface area contributed by atoms with Crippen molar-refractivity contribution < 1.29 is 4.79 Å². The van der Waals surface area contributed by atoms with Crippen LogP contribution in [0.3, 0.4) is 0 Å². The Hall–Kier alpha value is -7.54. The van der Waals surface area contributed by atoms with Gasteiger partial charge in [-0.15, -0.1) is 11.3 Å². The lowest BCUT2D eigenvalue weighted by atomic mass is 9.67. The number of carbonyl (C=O) groups is 1. The lowest BCUT2D eigenvalue weighted by Crippen LogP contribution is -2.32. The summed E-state index contributed by atoms with van der Waals surface area (Å²) in [6, 6.07) is 61.8. The van der Waals surface area contributed by atoms with E-state index in [1.165, 1.54) is 50.5 Å². The fourth-order valence-corrected chi connectivity index (χ4v) is 14.6. The number of anilines is 4. The van der Waals surface area contributed by atoms with Gasteiger partial charge < -0.3 is 14.4 Å². The molecule has 0 bridgehead atoms. The van der Waals surface area contributed by atoms with E-state index in [1.54, 1.807) is 0 Å². The molecule has 0 amide bonds. The summed E-state index contributed by atoms with van der Waals surface area (Å²) in [5.74, 6) is 2.00. The normalized spacial score (nSPS) is 19.5. The molecule has 4 aliphatic rings. The van der Waals surface area contributed by atoms with Gasteiger partial charge in [0.2, 0.25) is 0 Å². The highest BCUT2D eigenvalue weighted by Gasteiger charge is 2.51. The SMILES string of the molecule is CCn1c(-c2ccc(C=O)s2)nc(-c2ccc3c(c2)C(CC)(CC)C2C=C(N(c4ccccc4)c4ccccc4)C=CC32)c1-c1ccc2c(c1)C(CC)(CC)C1C=C(N(c3ccccc3)c3ccccc3)C=CC21. The molecule has 368 valence electrons. The average Bonchev–Trinajstić information content (AvgIpc) is 4.23. The number of imidazole rings is 1. The first-order valence-electron chi connectivity index (χ1n) is 26.9. The van der Waals surface area contributed by atoms with Crippen molar-refractivity contribution in [2.24, 2.45) is 11.8 Å². The maximum atomic E-state index is 12.2. The number of benzene rings is 6. The van der Waals surface area contributed by atoms with Crippen LogP contribution in [0.25, 0.3) is 33.2 Å². The topological polar surface area (TPSA) is 41.4 Å². The van der Waals surface area contributed by atoms with E-state index >= 15 is 0 Å². The maximum Gasteiger partial charge on any atom is 0.160 e. The number of thiophene rings is 1. The van der Waals surface area contributed by atoms with Crippen molar-refractivity contribution in [1.29, 1.82) is 0 Å². The van der Waals surface area contributed by atoms with Crippen molar-refractivity contribution in [2.75, 3.05) is 9.80 Å². The fraction of sp³-hybridized carbons (Fsp3) is 0.235. The van der Waals surface area contributed by atoms with Crippen molar-refractivity contribution in [3.63, 3.8) is 0 Å². The summed E-state index contributed by atoms with van der Waals surface area (Å²) in [7, 11) is 0. The van der Waals surface area contributed by atoms with Crippen molar-refractivity contribution in [1.82, 2.24) is 9.55 Å². The van der Waals surface area contributed by atoms with Gasteiger partial charge in [0.25, 0.3) is 0 Å². The van der Waals surface area contributed by atoms with Crippen LogP contribution in [0.15, 0.2) is 218 Å². The molecule has 4 atom stereocenters. The largest absolute Gasteiger partial charge is 0.323 e. The highest BCUT2D eigenvalue weighted by atomic mass is 32.1. The molecular weight excluding hydrogens is 921 g/mol. The second-order valence-corrected chi connectivity index (χ2v) is 21.7. The van der Waals surface area contributed by atoms with Gasteiger partial charge in [-0.05, 0) is 152 Å². The molecule has 6 aromatic carbocycles. The fourth-order valence-electron chi connectivity index (χ4n) is 13.8. The summed E-state index contributed by atoms with van der Waals surface area (Å²) in [6.45, 7) is 12.5. The maximum absolute atomic E-state index is 12.2. The third-order valence-electron chi connectivity index (χ3n) is 17.5. The Kier molecular flexibility index (Phi) is 12.4. The van der Waals surface area contributed by atoms with Crippen LogP contribution in [0.4, 0.5) is 22.7 Å². The van der Waals surface area contributed by atoms with Crippen molar-refractivity contribution in [3.05, 3.63) is 245 Å². The quantitative estimate of drug-likeness (QED) is 0.0960. The average molecular weight is 985 g/mol. The summed E-state index contributed by atoms with van der Waals surface area (Å²) in [4.78, 5) is 24.4. The molecule has 74 heavy (non-hydrogen) atoms. The molecule has 2 aromatic heterocycles. The molecule has 4 unspecified atom stereocenters. The van der Waals surface area contributed by atoms with Crippen LogP contribution in [0.1, 0.15) is 104 Å². The number of allylic oxidation sites excluding steroid dienone is 6. The third-order valence-corrected chi connectivity index (χ3v) is 18.5. The van der Waals surface area contributed by atoms with Gasteiger partial charge in [0.15, 0.2) is 12.1 Å². The van der Waals surface area contributed by atoms with Crippen LogP contribution >= 0.6 is 11.3 Å². The van der Waals surface area contributed by atoms with E-state index in [1.807, 2.05) is 6.07 Å². The predicted molar refractivity (Wildman–Crippen MR) is 309 cm³/mol. The first kappa shape index (κ1) is 47.5. The predicted octanol–water partition coefficient (Wildman–Crippen LogP) is 17.9. The second-order valence-electron chi connectivity index (χ2n) is 20.5. The van der Waals surface area contributed by atoms with Gasteiger partial charge in [-0.2, -0.15) is 0 Å². The summed E-state index contributed by atoms with van der Waals surface area (Å²) in [5.41, 5.74) is 17.0. The molecule has 4 aliphatic carbocycles. The minimum Gasteiger partial charge on any atom is -0.323 e.